The molecule has 0 saturated carbocycles. The zero-order valence-corrected chi connectivity index (χ0v) is 12.1. The van der Waals surface area contributed by atoms with E-state index in [1.54, 1.807) is 0 Å². The summed E-state index contributed by atoms with van der Waals surface area (Å²) in [5.41, 5.74) is -1.13. The second-order valence-electron chi connectivity index (χ2n) is 5.56. The third kappa shape index (κ3) is 3.65. The van der Waals surface area contributed by atoms with Gasteiger partial charge in [0.1, 0.15) is 18.0 Å². The Morgan fingerprint density at radius 3 is 2.55 bits per heavy atom. The van der Waals surface area contributed by atoms with Gasteiger partial charge in [-0.25, -0.2) is 4.98 Å². The van der Waals surface area contributed by atoms with Crippen LogP contribution in [0.15, 0.2) is 12.4 Å². The molecule has 1 aromatic heterocycles. The Morgan fingerprint density at radius 2 is 1.95 bits per heavy atom. The van der Waals surface area contributed by atoms with Crippen molar-refractivity contribution < 1.29 is 28.1 Å². The highest BCUT2D eigenvalue weighted by atomic mass is 19.4. The minimum absolute atomic E-state index is 0.000973. The van der Waals surface area contributed by atoms with E-state index in [0.717, 1.165) is 6.20 Å². The van der Waals surface area contributed by atoms with Gasteiger partial charge >= 0.3 is 6.18 Å². The predicted molar refractivity (Wildman–Crippen MR) is 71.0 cm³/mol. The first kappa shape index (κ1) is 16.9. The van der Waals surface area contributed by atoms with Crippen molar-refractivity contribution in [3.63, 3.8) is 0 Å². The summed E-state index contributed by atoms with van der Waals surface area (Å²) >= 11 is 0. The lowest BCUT2D eigenvalue weighted by Gasteiger charge is -2.39. The molecule has 2 rings (SSSR count). The molecule has 0 aliphatic carbocycles. The van der Waals surface area contributed by atoms with Gasteiger partial charge in [-0.2, -0.15) is 13.2 Å². The molecule has 0 unspecified atom stereocenters. The highest BCUT2D eigenvalue weighted by Gasteiger charge is 2.40. The van der Waals surface area contributed by atoms with E-state index in [1.165, 1.54) is 0 Å². The second-order valence-corrected chi connectivity index (χ2v) is 5.56. The average molecular weight is 321 g/mol. The van der Waals surface area contributed by atoms with Gasteiger partial charge in [0.15, 0.2) is 5.69 Å². The molecule has 4 atom stereocenters. The highest BCUT2D eigenvalue weighted by molar-refractivity contribution is 5.34. The van der Waals surface area contributed by atoms with E-state index in [2.05, 4.69) is 15.3 Å². The number of aliphatic hydroxyl groups excluding tert-OH is 2. The fourth-order valence-corrected chi connectivity index (χ4v) is 2.32. The quantitative estimate of drug-likeness (QED) is 0.771. The Labute approximate surface area is 125 Å². The number of halogens is 3. The molecule has 1 aromatic rings. The maximum absolute atomic E-state index is 12.6. The summed E-state index contributed by atoms with van der Waals surface area (Å²) in [7, 11) is 0. The van der Waals surface area contributed by atoms with Crippen LogP contribution in [0.2, 0.25) is 0 Å². The number of alkyl halides is 3. The van der Waals surface area contributed by atoms with Crippen LogP contribution in [0, 0.1) is 5.92 Å². The molecule has 1 aliphatic heterocycles. The Balaban J connectivity index is 2.09. The standard InChI is InChI=1S/C13H18F3N3O3/c1-6(2)12-11(21)10(20)7(5-22-12)18-9-4-17-3-8(19-9)13(14,15)16/h3-4,6-7,10-12,20-21H,5H2,1-2H3,(H,18,19)/t7-,10+,11+,12+/m0/s1. The van der Waals surface area contributed by atoms with Gasteiger partial charge in [0.2, 0.25) is 0 Å². The van der Waals surface area contributed by atoms with Gasteiger partial charge in [-0.3, -0.25) is 4.98 Å². The van der Waals surface area contributed by atoms with Crippen molar-refractivity contribution in [1.29, 1.82) is 0 Å². The van der Waals surface area contributed by atoms with Crippen LogP contribution in [-0.2, 0) is 10.9 Å². The first-order valence-corrected chi connectivity index (χ1v) is 6.83. The van der Waals surface area contributed by atoms with Gasteiger partial charge in [-0.1, -0.05) is 13.8 Å². The summed E-state index contributed by atoms with van der Waals surface area (Å²) in [6, 6.07) is -0.775. The van der Waals surface area contributed by atoms with Crippen molar-refractivity contribution in [3.05, 3.63) is 18.1 Å². The molecule has 6 nitrogen and oxygen atoms in total. The third-order valence-electron chi connectivity index (χ3n) is 3.48. The van der Waals surface area contributed by atoms with Crippen molar-refractivity contribution in [2.75, 3.05) is 11.9 Å². The molecule has 0 amide bonds. The topological polar surface area (TPSA) is 87.5 Å². The molecule has 9 heteroatoms. The van der Waals surface area contributed by atoms with Gasteiger partial charge in [0, 0.05) is 0 Å². The van der Waals surface area contributed by atoms with Crippen molar-refractivity contribution in [2.45, 2.75) is 44.4 Å². The lowest BCUT2D eigenvalue weighted by molar-refractivity contribution is -0.154. The van der Waals surface area contributed by atoms with E-state index in [0.29, 0.717) is 6.20 Å². The summed E-state index contributed by atoms with van der Waals surface area (Å²) in [4.78, 5) is 6.88. The van der Waals surface area contributed by atoms with E-state index in [1.807, 2.05) is 13.8 Å². The summed E-state index contributed by atoms with van der Waals surface area (Å²) in [6.45, 7) is 3.72. The largest absolute Gasteiger partial charge is 0.434 e. The van der Waals surface area contributed by atoms with E-state index in [-0.39, 0.29) is 18.3 Å². The van der Waals surface area contributed by atoms with Crippen LogP contribution in [0.4, 0.5) is 19.0 Å². The zero-order valence-electron chi connectivity index (χ0n) is 12.1. The number of hydrogen-bond donors (Lipinski definition) is 3. The Kier molecular flexibility index (Phi) is 4.88. The Hall–Kier alpha value is -1.45. The average Bonchev–Trinajstić information content (AvgIpc) is 2.43. The number of anilines is 1. The molecule has 1 aliphatic rings. The number of aromatic nitrogens is 2. The van der Waals surface area contributed by atoms with Gasteiger partial charge < -0.3 is 20.3 Å². The summed E-state index contributed by atoms with van der Waals surface area (Å²) in [5, 5.41) is 22.7. The first-order valence-electron chi connectivity index (χ1n) is 6.83. The molecule has 3 N–H and O–H groups in total. The van der Waals surface area contributed by atoms with Crippen molar-refractivity contribution >= 4 is 5.82 Å². The van der Waals surface area contributed by atoms with Gasteiger partial charge in [0.25, 0.3) is 0 Å². The fourth-order valence-electron chi connectivity index (χ4n) is 2.32. The predicted octanol–water partition coefficient (Wildman–Crippen LogP) is 1.05. The monoisotopic (exact) mass is 321 g/mol. The Bertz CT molecular complexity index is 513. The van der Waals surface area contributed by atoms with Crippen LogP contribution < -0.4 is 5.32 Å². The molecule has 124 valence electrons. The number of hydrogen-bond acceptors (Lipinski definition) is 6. The molecule has 0 spiro atoms. The molecule has 0 bridgehead atoms. The first-order chi connectivity index (χ1) is 10.2. The van der Waals surface area contributed by atoms with Gasteiger partial charge in [-0.05, 0) is 5.92 Å². The molecular weight excluding hydrogens is 303 g/mol. The highest BCUT2D eigenvalue weighted by Crippen LogP contribution is 2.28. The van der Waals surface area contributed by atoms with Crippen LogP contribution in [0.1, 0.15) is 19.5 Å². The van der Waals surface area contributed by atoms with Crippen LogP contribution in [-0.4, -0.2) is 51.1 Å². The van der Waals surface area contributed by atoms with Crippen LogP contribution in [0.5, 0.6) is 0 Å². The SMILES string of the molecule is CC(C)[C@H]1OC[C@H](Nc2cncc(C(F)(F)F)n2)[C@@H](O)[C@H]1O. The lowest BCUT2D eigenvalue weighted by atomic mass is 9.91. The smallest absolute Gasteiger partial charge is 0.388 e. The van der Waals surface area contributed by atoms with E-state index in [4.69, 9.17) is 4.74 Å². The summed E-state index contributed by atoms with van der Waals surface area (Å²) < 4.78 is 43.2. The second kappa shape index (κ2) is 6.35. The number of nitrogens with zero attached hydrogens (tertiary/aromatic N) is 2. The van der Waals surface area contributed by atoms with Crippen molar-refractivity contribution in [2.24, 2.45) is 5.92 Å². The number of ether oxygens (including phenoxy) is 1. The minimum Gasteiger partial charge on any atom is -0.388 e. The third-order valence-corrected chi connectivity index (χ3v) is 3.48. The van der Waals surface area contributed by atoms with Crippen molar-refractivity contribution in [3.8, 4) is 0 Å². The molecule has 0 aromatic carbocycles. The fraction of sp³-hybridized carbons (Fsp3) is 0.692. The molecular formula is C13H18F3N3O3. The molecule has 0 radical (unpaired) electrons. The normalized spacial score (nSPS) is 29.6. The van der Waals surface area contributed by atoms with E-state index < -0.39 is 36.2 Å². The van der Waals surface area contributed by atoms with Gasteiger partial charge in [-0.15, -0.1) is 0 Å². The lowest BCUT2D eigenvalue weighted by Crippen LogP contribution is -2.57. The van der Waals surface area contributed by atoms with Crippen LogP contribution in [0.3, 0.4) is 0 Å². The molecule has 1 saturated heterocycles. The number of rotatable bonds is 3. The van der Waals surface area contributed by atoms with Crippen LogP contribution in [0.25, 0.3) is 0 Å². The maximum Gasteiger partial charge on any atom is 0.434 e. The molecule has 2 heterocycles. The number of aliphatic hydroxyl groups is 2. The molecule has 1 fully saturated rings. The van der Waals surface area contributed by atoms with Gasteiger partial charge in [0.05, 0.1) is 31.1 Å². The van der Waals surface area contributed by atoms with Crippen LogP contribution >= 0.6 is 0 Å². The van der Waals surface area contributed by atoms with Crippen molar-refractivity contribution in [1.82, 2.24) is 9.97 Å². The van der Waals surface area contributed by atoms with E-state index >= 15 is 0 Å². The minimum atomic E-state index is -4.60. The Morgan fingerprint density at radius 1 is 1.27 bits per heavy atom. The van der Waals surface area contributed by atoms with E-state index in [9.17, 15) is 23.4 Å². The zero-order chi connectivity index (χ0) is 16.5. The maximum atomic E-state index is 12.6. The summed E-state index contributed by atoms with van der Waals surface area (Å²) in [5.74, 6) is -0.142. The molecule has 22 heavy (non-hydrogen) atoms. The number of nitrogens with one attached hydrogen (secondary N) is 1. The summed E-state index contributed by atoms with van der Waals surface area (Å²) in [6.07, 6.45) is -5.72.